The molecule has 1 heterocycles. The largest absolute Gasteiger partial charge is 0.493 e. The highest BCUT2D eigenvalue weighted by atomic mass is 16.5. The molecule has 0 amide bonds. The van der Waals surface area contributed by atoms with Crippen molar-refractivity contribution >= 4 is 5.69 Å². The van der Waals surface area contributed by atoms with Crippen LogP contribution in [0.2, 0.25) is 0 Å². The van der Waals surface area contributed by atoms with Gasteiger partial charge in [-0.15, -0.1) is 0 Å². The second-order valence-corrected chi connectivity index (χ2v) is 5.45. The van der Waals surface area contributed by atoms with Crippen molar-refractivity contribution in [2.24, 2.45) is 5.41 Å². The van der Waals surface area contributed by atoms with E-state index in [9.17, 15) is 0 Å². The normalized spacial score (nSPS) is 20.8. The van der Waals surface area contributed by atoms with Crippen molar-refractivity contribution in [3.63, 3.8) is 0 Å². The van der Waals surface area contributed by atoms with Gasteiger partial charge in [0.15, 0.2) is 0 Å². The quantitative estimate of drug-likeness (QED) is 0.839. The summed E-state index contributed by atoms with van der Waals surface area (Å²) >= 11 is 0. The van der Waals surface area contributed by atoms with Crippen LogP contribution in [-0.4, -0.2) is 13.2 Å². The number of rotatable bonds is 3. The van der Waals surface area contributed by atoms with Crippen LogP contribution < -0.4 is 10.1 Å². The van der Waals surface area contributed by atoms with E-state index in [-0.39, 0.29) is 0 Å². The number of ether oxygens (including phenoxy) is 1. The third kappa shape index (κ3) is 2.01. The zero-order valence-corrected chi connectivity index (χ0v) is 9.88. The predicted octanol–water partition coefficient (Wildman–Crippen LogP) is 3.22. The van der Waals surface area contributed by atoms with E-state index in [0.717, 1.165) is 18.9 Å². The van der Waals surface area contributed by atoms with Gasteiger partial charge < -0.3 is 10.1 Å². The van der Waals surface area contributed by atoms with Crippen LogP contribution in [0.3, 0.4) is 0 Å². The Morgan fingerprint density at radius 2 is 2.25 bits per heavy atom. The summed E-state index contributed by atoms with van der Waals surface area (Å²) in [7, 11) is 0. The highest BCUT2D eigenvalue weighted by Crippen LogP contribution is 2.45. The number of fused-ring (bicyclic) bond motifs is 1. The molecule has 0 unspecified atom stereocenters. The van der Waals surface area contributed by atoms with Gasteiger partial charge in [-0.3, -0.25) is 0 Å². The van der Waals surface area contributed by atoms with Crippen molar-refractivity contribution in [3.05, 3.63) is 23.8 Å². The molecule has 0 radical (unpaired) electrons. The molecule has 1 aliphatic heterocycles. The fraction of sp³-hybridized carbons (Fsp3) is 0.571. The Kier molecular flexibility index (Phi) is 2.31. The molecule has 0 atom stereocenters. The molecule has 16 heavy (non-hydrogen) atoms. The van der Waals surface area contributed by atoms with Crippen molar-refractivity contribution in [1.29, 1.82) is 0 Å². The summed E-state index contributed by atoms with van der Waals surface area (Å²) in [4.78, 5) is 0. The van der Waals surface area contributed by atoms with Crippen LogP contribution in [-0.2, 0) is 6.42 Å². The van der Waals surface area contributed by atoms with E-state index in [1.165, 1.54) is 36.9 Å². The first-order valence-electron chi connectivity index (χ1n) is 6.25. The van der Waals surface area contributed by atoms with E-state index in [4.69, 9.17) is 4.74 Å². The maximum Gasteiger partial charge on any atom is 0.121 e. The fourth-order valence-electron chi connectivity index (χ4n) is 2.15. The van der Waals surface area contributed by atoms with Gasteiger partial charge >= 0.3 is 0 Å². The summed E-state index contributed by atoms with van der Waals surface area (Å²) in [5.41, 5.74) is 3.16. The average Bonchev–Trinajstić information content (AvgIpc) is 3.05. The third-order valence-electron chi connectivity index (χ3n) is 3.71. The van der Waals surface area contributed by atoms with Crippen LogP contribution in [0.4, 0.5) is 5.69 Å². The summed E-state index contributed by atoms with van der Waals surface area (Å²) in [5.74, 6) is 1.02. The van der Waals surface area contributed by atoms with Gasteiger partial charge in [-0.25, -0.2) is 0 Å². The Balaban J connectivity index is 1.70. The number of hydrogen-bond acceptors (Lipinski definition) is 2. The minimum atomic E-state index is 0.462. The molecular weight excluding hydrogens is 198 g/mol. The fourth-order valence-corrected chi connectivity index (χ4v) is 2.15. The maximum absolute atomic E-state index is 5.86. The highest BCUT2D eigenvalue weighted by Gasteiger charge is 2.38. The first-order chi connectivity index (χ1) is 7.75. The Morgan fingerprint density at radius 1 is 1.38 bits per heavy atom. The second-order valence-electron chi connectivity index (χ2n) is 5.45. The van der Waals surface area contributed by atoms with Gasteiger partial charge in [-0.05, 0) is 37.3 Å². The first kappa shape index (κ1) is 10.0. The molecule has 0 aromatic heterocycles. The smallest absolute Gasteiger partial charge is 0.121 e. The lowest BCUT2D eigenvalue weighted by molar-refractivity contribution is 0.247. The predicted molar refractivity (Wildman–Crippen MR) is 66.1 cm³/mol. The lowest BCUT2D eigenvalue weighted by atomic mass is 10.0. The molecule has 3 rings (SSSR count). The van der Waals surface area contributed by atoms with Gasteiger partial charge in [0.05, 0.1) is 6.61 Å². The number of aryl methyl sites for hydroxylation is 1. The molecule has 1 aromatic rings. The Morgan fingerprint density at radius 3 is 3.06 bits per heavy atom. The van der Waals surface area contributed by atoms with E-state index in [1.54, 1.807) is 0 Å². The lowest BCUT2D eigenvalue weighted by Crippen LogP contribution is -2.13. The van der Waals surface area contributed by atoms with Crippen LogP contribution in [0.1, 0.15) is 31.7 Å². The van der Waals surface area contributed by atoms with Gasteiger partial charge in [0, 0.05) is 23.7 Å². The van der Waals surface area contributed by atoms with E-state index < -0.39 is 0 Å². The number of anilines is 1. The molecule has 2 aliphatic rings. The SMILES string of the molecule is CC1(COc2ccc3c(c2)NCCC3)CC1. The lowest BCUT2D eigenvalue weighted by Gasteiger charge is -2.19. The Hall–Kier alpha value is -1.18. The molecule has 1 aromatic carbocycles. The van der Waals surface area contributed by atoms with Gasteiger partial charge in [0.1, 0.15) is 5.75 Å². The van der Waals surface area contributed by atoms with Crippen LogP contribution >= 0.6 is 0 Å². The molecule has 2 nitrogen and oxygen atoms in total. The van der Waals surface area contributed by atoms with Crippen LogP contribution in [0.25, 0.3) is 0 Å². The maximum atomic E-state index is 5.86. The summed E-state index contributed by atoms with van der Waals surface area (Å²) in [6.07, 6.45) is 5.07. The minimum absolute atomic E-state index is 0.462. The number of benzene rings is 1. The molecule has 0 saturated heterocycles. The molecule has 1 aliphatic carbocycles. The topological polar surface area (TPSA) is 21.3 Å². The Labute approximate surface area is 97.0 Å². The van der Waals surface area contributed by atoms with Crippen LogP contribution in [0.15, 0.2) is 18.2 Å². The molecule has 86 valence electrons. The monoisotopic (exact) mass is 217 g/mol. The molecule has 1 saturated carbocycles. The van der Waals surface area contributed by atoms with E-state index in [2.05, 4.69) is 30.4 Å². The molecule has 0 bridgehead atoms. The second kappa shape index (κ2) is 3.69. The zero-order valence-electron chi connectivity index (χ0n) is 9.88. The Bertz CT molecular complexity index is 396. The van der Waals surface area contributed by atoms with Crippen molar-refractivity contribution < 1.29 is 4.74 Å². The van der Waals surface area contributed by atoms with Crippen molar-refractivity contribution in [3.8, 4) is 5.75 Å². The first-order valence-corrected chi connectivity index (χ1v) is 6.25. The highest BCUT2D eigenvalue weighted by molar-refractivity contribution is 5.56. The van der Waals surface area contributed by atoms with Gasteiger partial charge in [-0.2, -0.15) is 0 Å². The summed E-state index contributed by atoms with van der Waals surface area (Å²) in [6.45, 7) is 4.25. The molecule has 0 spiro atoms. The van der Waals surface area contributed by atoms with Crippen molar-refractivity contribution in [2.45, 2.75) is 32.6 Å². The van der Waals surface area contributed by atoms with E-state index in [1.807, 2.05) is 0 Å². The van der Waals surface area contributed by atoms with Gasteiger partial charge in [-0.1, -0.05) is 13.0 Å². The summed E-state index contributed by atoms with van der Waals surface area (Å²) in [5, 5.41) is 3.44. The molecule has 1 N–H and O–H groups in total. The van der Waals surface area contributed by atoms with Crippen molar-refractivity contribution in [1.82, 2.24) is 0 Å². The van der Waals surface area contributed by atoms with Crippen molar-refractivity contribution in [2.75, 3.05) is 18.5 Å². The number of hydrogen-bond donors (Lipinski definition) is 1. The molecule has 1 fully saturated rings. The third-order valence-corrected chi connectivity index (χ3v) is 3.71. The van der Waals surface area contributed by atoms with Crippen LogP contribution in [0, 0.1) is 5.41 Å². The molecule has 2 heteroatoms. The zero-order chi connectivity index (χ0) is 11.0. The van der Waals surface area contributed by atoms with Gasteiger partial charge in [0.2, 0.25) is 0 Å². The average molecular weight is 217 g/mol. The molecular formula is C14H19NO. The standard InChI is InChI=1S/C14H19NO/c1-14(6-7-14)10-16-12-5-4-11-3-2-8-15-13(11)9-12/h4-5,9,15H,2-3,6-8,10H2,1H3. The van der Waals surface area contributed by atoms with E-state index >= 15 is 0 Å². The van der Waals surface area contributed by atoms with E-state index in [0.29, 0.717) is 5.41 Å². The minimum Gasteiger partial charge on any atom is -0.493 e. The number of nitrogens with one attached hydrogen (secondary N) is 1. The summed E-state index contributed by atoms with van der Waals surface area (Å²) < 4.78 is 5.86. The summed E-state index contributed by atoms with van der Waals surface area (Å²) in [6, 6.07) is 6.46. The van der Waals surface area contributed by atoms with Gasteiger partial charge in [0.25, 0.3) is 0 Å². The van der Waals surface area contributed by atoms with Crippen LogP contribution in [0.5, 0.6) is 5.75 Å².